The van der Waals surface area contributed by atoms with Gasteiger partial charge in [-0.1, -0.05) is 23.7 Å². The van der Waals surface area contributed by atoms with Crippen LogP contribution in [0.25, 0.3) is 0 Å². The Bertz CT molecular complexity index is 890. The van der Waals surface area contributed by atoms with Gasteiger partial charge in [0.05, 0.1) is 24.2 Å². The quantitative estimate of drug-likeness (QED) is 0.724. The molecule has 0 unspecified atom stereocenters. The zero-order valence-corrected chi connectivity index (χ0v) is 16.3. The standard InChI is InChI=1S/C19H18ClF3N2O4/c1-25(18(27)11-29-16-6-4-3-5-15(16)28-2)10-17(26)24-12-7-8-14(20)13(9-12)19(21,22)23/h3-9H,10-11H2,1-2H3,(H,24,26). The summed E-state index contributed by atoms with van der Waals surface area (Å²) >= 11 is 5.54. The maximum Gasteiger partial charge on any atom is 0.417 e. The van der Waals surface area contributed by atoms with Crippen molar-refractivity contribution in [3.63, 3.8) is 0 Å². The molecule has 2 aromatic rings. The van der Waals surface area contributed by atoms with E-state index in [2.05, 4.69) is 5.32 Å². The molecule has 0 bridgehead atoms. The lowest BCUT2D eigenvalue weighted by Gasteiger charge is -2.18. The van der Waals surface area contributed by atoms with E-state index in [9.17, 15) is 22.8 Å². The highest BCUT2D eigenvalue weighted by Crippen LogP contribution is 2.36. The van der Waals surface area contributed by atoms with Gasteiger partial charge in [0.25, 0.3) is 5.91 Å². The molecule has 2 aromatic carbocycles. The maximum absolute atomic E-state index is 12.9. The first-order valence-electron chi connectivity index (χ1n) is 8.28. The lowest BCUT2D eigenvalue weighted by molar-refractivity contribution is -0.137. The summed E-state index contributed by atoms with van der Waals surface area (Å²) in [4.78, 5) is 25.3. The molecule has 0 aliphatic rings. The van der Waals surface area contributed by atoms with Crippen LogP contribution in [0.3, 0.4) is 0 Å². The molecule has 156 valence electrons. The fraction of sp³-hybridized carbons (Fsp3) is 0.263. The topological polar surface area (TPSA) is 67.9 Å². The molecule has 0 fully saturated rings. The summed E-state index contributed by atoms with van der Waals surface area (Å²) in [5.74, 6) is -0.363. The number of anilines is 1. The Morgan fingerprint density at radius 2 is 1.79 bits per heavy atom. The van der Waals surface area contributed by atoms with Crippen molar-refractivity contribution in [3.05, 3.63) is 53.1 Å². The number of hydrogen-bond acceptors (Lipinski definition) is 4. The number of nitrogens with one attached hydrogen (secondary N) is 1. The molecule has 0 spiro atoms. The zero-order chi connectivity index (χ0) is 21.6. The van der Waals surface area contributed by atoms with Crippen molar-refractivity contribution in [2.45, 2.75) is 6.18 Å². The molecule has 2 rings (SSSR count). The van der Waals surface area contributed by atoms with E-state index in [4.69, 9.17) is 21.1 Å². The van der Waals surface area contributed by atoms with Gasteiger partial charge in [0.2, 0.25) is 5.91 Å². The number of rotatable bonds is 7. The fourth-order valence-corrected chi connectivity index (χ4v) is 2.54. The highest BCUT2D eigenvalue weighted by molar-refractivity contribution is 6.31. The summed E-state index contributed by atoms with van der Waals surface area (Å²) in [5, 5.41) is 1.83. The Morgan fingerprint density at radius 3 is 2.41 bits per heavy atom. The Morgan fingerprint density at radius 1 is 1.14 bits per heavy atom. The molecule has 1 N–H and O–H groups in total. The normalized spacial score (nSPS) is 11.0. The summed E-state index contributed by atoms with van der Waals surface area (Å²) in [6, 6.07) is 9.74. The highest BCUT2D eigenvalue weighted by atomic mass is 35.5. The minimum Gasteiger partial charge on any atom is -0.493 e. The molecule has 0 saturated carbocycles. The minimum atomic E-state index is -4.65. The van der Waals surface area contributed by atoms with Gasteiger partial charge in [0.15, 0.2) is 18.1 Å². The van der Waals surface area contributed by atoms with E-state index < -0.39 is 28.6 Å². The van der Waals surface area contributed by atoms with Gasteiger partial charge >= 0.3 is 6.18 Å². The van der Waals surface area contributed by atoms with Gasteiger partial charge in [0.1, 0.15) is 0 Å². The molecule has 2 amide bonds. The molecule has 0 atom stereocenters. The molecular weight excluding hydrogens is 413 g/mol. The maximum atomic E-state index is 12.9. The number of ether oxygens (including phenoxy) is 2. The van der Waals surface area contributed by atoms with Crippen LogP contribution in [0.1, 0.15) is 5.56 Å². The SMILES string of the molecule is COc1ccccc1OCC(=O)N(C)CC(=O)Nc1ccc(Cl)c(C(F)(F)F)c1. The number of para-hydroxylation sites is 2. The molecule has 6 nitrogen and oxygen atoms in total. The van der Waals surface area contributed by atoms with Crippen LogP contribution in [0.4, 0.5) is 18.9 Å². The van der Waals surface area contributed by atoms with E-state index in [0.29, 0.717) is 11.5 Å². The number of hydrogen-bond donors (Lipinski definition) is 1. The average Bonchev–Trinajstić information content (AvgIpc) is 2.66. The Hall–Kier alpha value is -2.94. The summed E-state index contributed by atoms with van der Waals surface area (Å²) in [7, 11) is 2.83. The van der Waals surface area contributed by atoms with Gasteiger partial charge in [0, 0.05) is 12.7 Å². The second kappa shape index (κ2) is 9.51. The van der Waals surface area contributed by atoms with Crippen molar-refractivity contribution in [2.75, 3.05) is 32.6 Å². The van der Waals surface area contributed by atoms with Crippen molar-refractivity contribution in [1.29, 1.82) is 0 Å². The number of methoxy groups -OCH3 is 1. The predicted molar refractivity (Wildman–Crippen MR) is 101 cm³/mol. The van der Waals surface area contributed by atoms with Gasteiger partial charge < -0.3 is 19.7 Å². The summed E-state index contributed by atoms with van der Waals surface area (Å²) < 4.78 is 49.2. The van der Waals surface area contributed by atoms with Crippen LogP contribution in [-0.4, -0.2) is 44.0 Å². The van der Waals surface area contributed by atoms with E-state index in [-0.39, 0.29) is 18.8 Å². The van der Waals surface area contributed by atoms with Gasteiger partial charge in [-0.25, -0.2) is 0 Å². The minimum absolute atomic E-state index is 0.0853. The Labute approximate surface area is 170 Å². The van der Waals surface area contributed by atoms with Crippen LogP contribution in [-0.2, 0) is 15.8 Å². The van der Waals surface area contributed by atoms with Crippen molar-refractivity contribution < 1.29 is 32.2 Å². The monoisotopic (exact) mass is 430 g/mol. The third-order valence-electron chi connectivity index (χ3n) is 3.78. The van der Waals surface area contributed by atoms with Crippen molar-refractivity contribution in [1.82, 2.24) is 4.90 Å². The lowest BCUT2D eigenvalue weighted by atomic mass is 10.2. The molecule has 0 aromatic heterocycles. The first kappa shape index (κ1) is 22.4. The van der Waals surface area contributed by atoms with Crippen LogP contribution in [0.2, 0.25) is 5.02 Å². The van der Waals surface area contributed by atoms with Gasteiger partial charge in [-0.15, -0.1) is 0 Å². The van der Waals surface area contributed by atoms with E-state index in [1.165, 1.54) is 20.2 Å². The average molecular weight is 431 g/mol. The van der Waals surface area contributed by atoms with Gasteiger partial charge in [-0.3, -0.25) is 9.59 Å². The van der Waals surface area contributed by atoms with Crippen LogP contribution in [0, 0.1) is 0 Å². The summed E-state index contributed by atoms with van der Waals surface area (Å²) in [6.45, 7) is -0.721. The second-order valence-electron chi connectivity index (χ2n) is 5.93. The molecule has 0 heterocycles. The van der Waals surface area contributed by atoms with Crippen LogP contribution >= 0.6 is 11.6 Å². The molecule has 29 heavy (non-hydrogen) atoms. The first-order valence-corrected chi connectivity index (χ1v) is 8.66. The second-order valence-corrected chi connectivity index (χ2v) is 6.34. The highest BCUT2D eigenvalue weighted by Gasteiger charge is 2.33. The number of halogens is 4. The Kier molecular flexibility index (Phi) is 7.33. The largest absolute Gasteiger partial charge is 0.493 e. The lowest BCUT2D eigenvalue weighted by Crippen LogP contribution is -2.37. The molecule has 0 saturated heterocycles. The van der Waals surface area contributed by atoms with Crippen molar-refractivity contribution >= 4 is 29.1 Å². The number of carbonyl (C=O) groups is 2. The van der Waals surface area contributed by atoms with E-state index >= 15 is 0 Å². The smallest absolute Gasteiger partial charge is 0.417 e. The Balaban J connectivity index is 1.92. The number of amides is 2. The fourth-order valence-electron chi connectivity index (χ4n) is 2.31. The first-order chi connectivity index (χ1) is 13.6. The molecule has 10 heteroatoms. The van der Waals surface area contributed by atoms with Crippen LogP contribution < -0.4 is 14.8 Å². The van der Waals surface area contributed by atoms with Crippen LogP contribution in [0.15, 0.2) is 42.5 Å². The van der Waals surface area contributed by atoms with Gasteiger partial charge in [-0.2, -0.15) is 13.2 Å². The number of alkyl halides is 3. The van der Waals surface area contributed by atoms with E-state index in [0.717, 1.165) is 17.0 Å². The van der Waals surface area contributed by atoms with E-state index in [1.54, 1.807) is 24.3 Å². The third-order valence-corrected chi connectivity index (χ3v) is 4.11. The molecular formula is C19H18ClF3N2O4. The molecule has 0 radical (unpaired) electrons. The molecule has 0 aliphatic heterocycles. The van der Waals surface area contributed by atoms with Crippen LogP contribution in [0.5, 0.6) is 11.5 Å². The van der Waals surface area contributed by atoms with E-state index in [1.807, 2.05) is 0 Å². The number of likely N-dealkylation sites (N-methyl/N-ethyl adjacent to an activating group) is 1. The summed E-state index contributed by atoms with van der Waals surface area (Å²) in [6.07, 6.45) is -4.65. The zero-order valence-electron chi connectivity index (χ0n) is 15.5. The van der Waals surface area contributed by atoms with Gasteiger partial charge in [-0.05, 0) is 30.3 Å². The van der Waals surface area contributed by atoms with Crippen molar-refractivity contribution in [3.8, 4) is 11.5 Å². The third kappa shape index (κ3) is 6.28. The van der Waals surface area contributed by atoms with Crippen molar-refractivity contribution in [2.24, 2.45) is 0 Å². The summed E-state index contributed by atoms with van der Waals surface area (Å²) in [5.41, 5.74) is -1.15. The number of carbonyl (C=O) groups excluding carboxylic acids is 2. The predicted octanol–water partition coefficient (Wildman–Crippen LogP) is 3.84. The molecule has 0 aliphatic carbocycles. The number of nitrogens with zero attached hydrogens (tertiary/aromatic N) is 1. The number of benzene rings is 2.